The number of hydrogen-bond acceptors (Lipinski definition) is 1. The van der Waals surface area contributed by atoms with Crippen molar-refractivity contribution in [2.45, 2.75) is 57.7 Å². The second-order valence-corrected chi connectivity index (χ2v) is 6.01. The van der Waals surface area contributed by atoms with Crippen LogP contribution in [-0.4, -0.2) is 12.2 Å². The standard InChI is InChI=1S/C16H22F3N/c1-11(2)12-4-3-5-15(10-12)20-14-8-6-13(7-9-14)16(17,18)19/h3-5,10-11,13-14,20H,6-9H2,1-2H3. The van der Waals surface area contributed by atoms with Gasteiger partial charge in [-0.15, -0.1) is 0 Å². The second-order valence-electron chi connectivity index (χ2n) is 6.01. The highest BCUT2D eigenvalue weighted by Crippen LogP contribution is 2.38. The molecule has 0 spiro atoms. The lowest BCUT2D eigenvalue weighted by Gasteiger charge is -2.31. The van der Waals surface area contributed by atoms with Crippen LogP contribution in [0.1, 0.15) is 51.0 Å². The first-order valence-corrected chi connectivity index (χ1v) is 7.29. The van der Waals surface area contributed by atoms with Crippen molar-refractivity contribution in [2.75, 3.05) is 5.32 Å². The van der Waals surface area contributed by atoms with E-state index in [0.29, 0.717) is 18.8 Å². The van der Waals surface area contributed by atoms with Crippen LogP contribution >= 0.6 is 0 Å². The Kier molecular flexibility index (Phi) is 4.61. The maximum absolute atomic E-state index is 12.6. The molecule has 0 aliphatic heterocycles. The summed E-state index contributed by atoms with van der Waals surface area (Å²) in [6, 6.07) is 8.33. The maximum atomic E-state index is 12.6. The zero-order chi connectivity index (χ0) is 14.8. The number of hydrogen-bond donors (Lipinski definition) is 1. The van der Waals surface area contributed by atoms with Gasteiger partial charge in [-0.1, -0.05) is 26.0 Å². The monoisotopic (exact) mass is 285 g/mol. The first-order chi connectivity index (χ1) is 9.36. The number of alkyl halides is 3. The minimum Gasteiger partial charge on any atom is -0.382 e. The Balaban J connectivity index is 1.91. The minimum absolute atomic E-state index is 0.163. The highest BCUT2D eigenvalue weighted by molar-refractivity contribution is 5.47. The number of halogens is 3. The van der Waals surface area contributed by atoms with Gasteiger partial charge in [0.25, 0.3) is 0 Å². The van der Waals surface area contributed by atoms with Gasteiger partial charge in [0.05, 0.1) is 5.92 Å². The summed E-state index contributed by atoms with van der Waals surface area (Å²) in [4.78, 5) is 0. The molecule has 1 saturated carbocycles. The van der Waals surface area contributed by atoms with Gasteiger partial charge in [0, 0.05) is 11.7 Å². The molecule has 2 rings (SSSR count). The molecule has 0 amide bonds. The SMILES string of the molecule is CC(C)c1cccc(NC2CCC(C(F)(F)F)CC2)c1. The van der Waals surface area contributed by atoms with Crippen molar-refractivity contribution in [3.63, 3.8) is 0 Å². The van der Waals surface area contributed by atoms with Crippen LogP contribution in [0.3, 0.4) is 0 Å². The Labute approximate surface area is 118 Å². The molecule has 112 valence electrons. The molecule has 0 bridgehead atoms. The lowest BCUT2D eigenvalue weighted by molar-refractivity contribution is -0.182. The van der Waals surface area contributed by atoms with Gasteiger partial charge in [-0.2, -0.15) is 13.2 Å². The fourth-order valence-electron chi connectivity index (χ4n) is 2.79. The van der Waals surface area contributed by atoms with Crippen LogP contribution in [0.4, 0.5) is 18.9 Å². The molecule has 1 nitrogen and oxygen atoms in total. The summed E-state index contributed by atoms with van der Waals surface area (Å²) in [5, 5.41) is 3.38. The van der Waals surface area contributed by atoms with E-state index in [1.807, 2.05) is 12.1 Å². The molecule has 4 heteroatoms. The van der Waals surface area contributed by atoms with Crippen LogP contribution in [0.25, 0.3) is 0 Å². The summed E-state index contributed by atoms with van der Waals surface area (Å²) in [5.41, 5.74) is 2.27. The molecular formula is C16H22F3N. The quantitative estimate of drug-likeness (QED) is 0.790. The van der Waals surface area contributed by atoms with E-state index in [-0.39, 0.29) is 18.9 Å². The zero-order valence-corrected chi connectivity index (χ0v) is 12.0. The summed E-state index contributed by atoms with van der Waals surface area (Å²) < 4.78 is 37.8. The van der Waals surface area contributed by atoms with Gasteiger partial charge in [0.15, 0.2) is 0 Å². The predicted octanol–water partition coefficient (Wildman–Crippen LogP) is 5.34. The van der Waals surface area contributed by atoms with Gasteiger partial charge < -0.3 is 5.32 Å². The molecule has 0 atom stereocenters. The van der Waals surface area contributed by atoms with Gasteiger partial charge in [0.1, 0.15) is 0 Å². The van der Waals surface area contributed by atoms with Crippen LogP contribution in [0.15, 0.2) is 24.3 Å². The Morgan fingerprint density at radius 3 is 2.30 bits per heavy atom. The molecule has 20 heavy (non-hydrogen) atoms. The second kappa shape index (κ2) is 6.06. The zero-order valence-electron chi connectivity index (χ0n) is 12.0. The molecular weight excluding hydrogens is 263 g/mol. The van der Waals surface area contributed by atoms with E-state index in [4.69, 9.17) is 0 Å². The van der Waals surface area contributed by atoms with E-state index >= 15 is 0 Å². The highest BCUT2D eigenvalue weighted by atomic mass is 19.4. The Hall–Kier alpha value is -1.19. The topological polar surface area (TPSA) is 12.0 Å². The average Bonchev–Trinajstić information content (AvgIpc) is 2.38. The molecule has 1 fully saturated rings. The van der Waals surface area contributed by atoms with Crippen LogP contribution in [-0.2, 0) is 0 Å². The minimum atomic E-state index is -4.03. The van der Waals surface area contributed by atoms with Crippen molar-refractivity contribution in [1.82, 2.24) is 0 Å². The van der Waals surface area contributed by atoms with E-state index in [9.17, 15) is 13.2 Å². The van der Waals surface area contributed by atoms with Crippen molar-refractivity contribution < 1.29 is 13.2 Å². The Morgan fingerprint density at radius 1 is 1.10 bits per heavy atom. The third-order valence-electron chi connectivity index (χ3n) is 4.11. The lowest BCUT2D eigenvalue weighted by atomic mass is 9.85. The number of nitrogens with one attached hydrogen (secondary N) is 1. The van der Waals surface area contributed by atoms with Gasteiger partial charge in [0.2, 0.25) is 0 Å². The van der Waals surface area contributed by atoms with E-state index in [1.165, 1.54) is 5.56 Å². The number of rotatable bonds is 3. The largest absolute Gasteiger partial charge is 0.391 e. The van der Waals surface area contributed by atoms with Gasteiger partial charge in [-0.25, -0.2) is 0 Å². The molecule has 0 unspecified atom stereocenters. The van der Waals surface area contributed by atoms with Gasteiger partial charge in [-0.05, 0) is 49.3 Å². The fraction of sp³-hybridized carbons (Fsp3) is 0.625. The van der Waals surface area contributed by atoms with E-state index in [0.717, 1.165) is 5.69 Å². The molecule has 1 N–H and O–H groups in total. The normalized spacial score (nSPS) is 23.9. The van der Waals surface area contributed by atoms with Crippen molar-refractivity contribution in [3.8, 4) is 0 Å². The summed E-state index contributed by atoms with van der Waals surface area (Å²) in [6.07, 6.45) is -2.36. The average molecular weight is 285 g/mol. The van der Waals surface area contributed by atoms with Crippen LogP contribution < -0.4 is 5.32 Å². The number of anilines is 1. The van der Waals surface area contributed by atoms with Crippen LogP contribution in [0.5, 0.6) is 0 Å². The van der Waals surface area contributed by atoms with Crippen LogP contribution in [0, 0.1) is 5.92 Å². The summed E-state index contributed by atoms with van der Waals surface area (Å²) in [6.45, 7) is 4.27. The van der Waals surface area contributed by atoms with E-state index < -0.39 is 12.1 Å². The summed E-state index contributed by atoms with van der Waals surface area (Å²) in [7, 11) is 0. The Morgan fingerprint density at radius 2 is 1.75 bits per heavy atom. The molecule has 1 aromatic carbocycles. The molecule has 1 aromatic rings. The molecule has 1 aliphatic rings. The highest BCUT2D eigenvalue weighted by Gasteiger charge is 2.41. The molecule has 0 radical (unpaired) electrons. The number of benzene rings is 1. The first-order valence-electron chi connectivity index (χ1n) is 7.29. The smallest absolute Gasteiger partial charge is 0.382 e. The lowest BCUT2D eigenvalue weighted by Crippen LogP contribution is -2.32. The van der Waals surface area contributed by atoms with Gasteiger partial charge in [-0.3, -0.25) is 0 Å². The summed E-state index contributed by atoms with van der Waals surface area (Å²) in [5.74, 6) is -0.653. The predicted molar refractivity (Wildman–Crippen MR) is 76.0 cm³/mol. The van der Waals surface area contributed by atoms with Crippen molar-refractivity contribution in [3.05, 3.63) is 29.8 Å². The fourth-order valence-corrected chi connectivity index (χ4v) is 2.79. The van der Waals surface area contributed by atoms with Crippen molar-refractivity contribution in [1.29, 1.82) is 0 Å². The maximum Gasteiger partial charge on any atom is 0.391 e. The van der Waals surface area contributed by atoms with E-state index in [2.05, 4.69) is 31.3 Å². The molecule has 0 saturated heterocycles. The van der Waals surface area contributed by atoms with E-state index in [1.54, 1.807) is 0 Å². The third kappa shape index (κ3) is 3.90. The molecule has 0 heterocycles. The Bertz CT molecular complexity index is 432. The van der Waals surface area contributed by atoms with Gasteiger partial charge >= 0.3 is 6.18 Å². The van der Waals surface area contributed by atoms with Crippen LogP contribution in [0.2, 0.25) is 0 Å². The van der Waals surface area contributed by atoms with Crippen molar-refractivity contribution >= 4 is 5.69 Å². The van der Waals surface area contributed by atoms with Crippen molar-refractivity contribution in [2.24, 2.45) is 5.92 Å². The molecule has 1 aliphatic carbocycles. The third-order valence-corrected chi connectivity index (χ3v) is 4.11. The summed E-state index contributed by atoms with van der Waals surface area (Å²) >= 11 is 0. The molecule has 0 aromatic heterocycles. The first kappa shape index (κ1) is 15.2.